The predicted octanol–water partition coefficient (Wildman–Crippen LogP) is 2.25. The molecule has 2 N–H and O–H groups in total. The molecule has 1 saturated heterocycles. The summed E-state index contributed by atoms with van der Waals surface area (Å²) in [5, 5.41) is 20.2. The summed E-state index contributed by atoms with van der Waals surface area (Å²) in [6.07, 6.45) is -3.62. The van der Waals surface area contributed by atoms with Crippen LogP contribution in [0.5, 0.6) is 0 Å². The highest BCUT2D eigenvalue weighted by molar-refractivity contribution is 5.79. The highest BCUT2D eigenvalue weighted by atomic mass is 19.4. The lowest BCUT2D eigenvalue weighted by atomic mass is 9.74. The molecule has 8 heteroatoms. The number of methoxy groups -OCH3 is 1. The van der Waals surface area contributed by atoms with Crippen molar-refractivity contribution in [2.45, 2.75) is 38.0 Å². The Morgan fingerprint density at radius 1 is 1.33 bits per heavy atom. The first-order valence-electron chi connectivity index (χ1n) is 8.93. The number of aliphatic hydroxyl groups excluding tert-OH is 2. The number of hydrogen-bond donors (Lipinski definition) is 2. The molecule has 2 atom stereocenters. The molecule has 0 aromatic heterocycles. The lowest BCUT2D eigenvalue weighted by molar-refractivity contribution is -0.142. The van der Waals surface area contributed by atoms with Crippen molar-refractivity contribution in [2.24, 2.45) is 5.41 Å². The second kappa shape index (κ2) is 9.03. The first-order chi connectivity index (χ1) is 12.7. The van der Waals surface area contributed by atoms with E-state index in [4.69, 9.17) is 4.74 Å². The molecule has 1 aromatic rings. The molecule has 0 unspecified atom stereocenters. The molecular formula is C19H26F3NO4. The molecule has 0 aliphatic carbocycles. The van der Waals surface area contributed by atoms with Crippen molar-refractivity contribution in [1.29, 1.82) is 0 Å². The third-order valence-electron chi connectivity index (χ3n) is 5.21. The van der Waals surface area contributed by atoms with Gasteiger partial charge in [-0.3, -0.25) is 4.79 Å². The van der Waals surface area contributed by atoms with Crippen LogP contribution in [0.2, 0.25) is 0 Å². The number of piperidine rings is 1. The van der Waals surface area contributed by atoms with Crippen LogP contribution in [0.15, 0.2) is 24.3 Å². The number of alkyl halides is 3. The van der Waals surface area contributed by atoms with Gasteiger partial charge in [0.25, 0.3) is 0 Å². The van der Waals surface area contributed by atoms with Gasteiger partial charge in [-0.25, -0.2) is 0 Å². The van der Waals surface area contributed by atoms with Crippen LogP contribution in [0.25, 0.3) is 0 Å². The number of hydrogen-bond acceptors (Lipinski definition) is 4. The average Bonchev–Trinajstić information content (AvgIpc) is 2.63. The van der Waals surface area contributed by atoms with E-state index in [9.17, 15) is 28.2 Å². The standard InChI is InChI=1S/C19H26F3NO4/c1-27-10-2-8-18(13-24)12-23(9-7-16(18)25)17(26)11-14-3-5-15(6-4-14)19(20,21)22/h3-6,16,24-25H,2,7-13H2,1H3/t16-,18+/m1/s1. The van der Waals surface area contributed by atoms with Crippen molar-refractivity contribution in [3.63, 3.8) is 0 Å². The van der Waals surface area contributed by atoms with Crippen molar-refractivity contribution in [3.05, 3.63) is 35.4 Å². The van der Waals surface area contributed by atoms with Crippen molar-refractivity contribution < 1.29 is 32.9 Å². The fraction of sp³-hybridized carbons (Fsp3) is 0.632. The van der Waals surface area contributed by atoms with Gasteiger partial charge in [0, 0.05) is 32.2 Å². The molecule has 5 nitrogen and oxygen atoms in total. The maximum absolute atomic E-state index is 12.6. The Labute approximate surface area is 156 Å². The highest BCUT2D eigenvalue weighted by Gasteiger charge is 2.43. The van der Waals surface area contributed by atoms with Gasteiger partial charge in [0.05, 0.1) is 24.7 Å². The van der Waals surface area contributed by atoms with Crippen LogP contribution >= 0.6 is 0 Å². The predicted molar refractivity (Wildman–Crippen MR) is 93.0 cm³/mol. The molecule has 0 saturated carbocycles. The molecule has 1 fully saturated rings. The topological polar surface area (TPSA) is 70.0 Å². The molecule has 27 heavy (non-hydrogen) atoms. The third-order valence-corrected chi connectivity index (χ3v) is 5.21. The minimum atomic E-state index is -4.41. The number of amides is 1. The van der Waals surface area contributed by atoms with E-state index in [2.05, 4.69) is 0 Å². The number of rotatable bonds is 7. The number of aliphatic hydroxyl groups is 2. The number of carbonyl (C=O) groups excluding carboxylic acids is 1. The van der Waals surface area contributed by atoms with E-state index in [1.807, 2.05) is 0 Å². The largest absolute Gasteiger partial charge is 0.416 e. The lowest BCUT2D eigenvalue weighted by Crippen LogP contribution is -2.55. The van der Waals surface area contributed by atoms with Gasteiger partial charge in [0.15, 0.2) is 0 Å². The molecule has 0 radical (unpaired) electrons. The third kappa shape index (κ3) is 5.43. The fourth-order valence-electron chi connectivity index (χ4n) is 3.51. The Bertz CT molecular complexity index is 620. The summed E-state index contributed by atoms with van der Waals surface area (Å²) in [7, 11) is 1.57. The summed E-state index contributed by atoms with van der Waals surface area (Å²) in [6.45, 7) is 0.816. The van der Waals surface area contributed by atoms with Crippen LogP contribution in [-0.4, -0.2) is 60.5 Å². The summed E-state index contributed by atoms with van der Waals surface area (Å²) in [5.74, 6) is -0.230. The van der Waals surface area contributed by atoms with Crippen LogP contribution in [0.3, 0.4) is 0 Å². The number of nitrogens with zero attached hydrogens (tertiary/aromatic N) is 1. The van der Waals surface area contributed by atoms with Crippen LogP contribution in [0.1, 0.15) is 30.4 Å². The lowest BCUT2D eigenvalue weighted by Gasteiger charge is -2.45. The van der Waals surface area contributed by atoms with E-state index in [-0.39, 0.29) is 25.5 Å². The summed E-state index contributed by atoms with van der Waals surface area (Å²) in [5.41, 5.74) is -1.06. The normalized spacial score (nSPS) is 23.5. The van der Waals surface area contributed by atoms with E-state index in [1.54, 1.807) is 12.0 Å². The summed E-state index contributed by atoms with van der Waals surface area (Å²) >= 11 is 0. The van der Waals surface area contributed by atoms with Gasteiger partial charge in [-0.1, -0.05) is 12.1 Å². The zero-order valence-corrected chi connectivity index (χ0v) is 15.3. The highest BCUT2D eigenvalue weighted by Crippen LogP contribution is 2.35. The maximum atomic E-state index is 12.6. The van der Waals surface area contributed by atoms with E-state index in [0.717, 1.165) is 12.1 Å². The molecule has 1 amide bonds. The van der Waals surface area contributed by atoms with Crippen molar-refractivity contribution in [1.82, 2.24) is 4.90 Å². The molecule has 1 aromatic carbocycles. The van der Waals surface area contributed by atoms with Gasteiger partial charge >= 0.3 is 6.18 Å². The van der Waals surface area contributed by atoms with Crippen LogP contribution in [0, 0.1) is 5.41 Å². The Balaban J connectivity index is 2.03. The van der Waals surface area contributed by atoms with Crippen LogP contribution < -0.4 is 0 Å². The van der Waals surface area contributed by atoms with E-state index >= 15 is 0 Å². The number of likely N-dealkylation sites (tertiary alicyclic amines) is 1. The minimum Gasteiger partial charge on any atom is -0.396 e. The zero-order valence-electron chi connectivity index (χ0n) is 15.3. The Morgan fingerprint density at radius 3 is 2.56 bits per heavy atom. The Kier molecular flexibility index (Phi) is 7.25. The smallest absolute Gasteiger partial charge is 0.396 e. The van der Waals surface area contributed by atoms with E-state index in [0.29, 0.717) is 38.0 Å². The summed E-state index contributed by atoms with van der Waals surface area (Å²) in [4.78, 5) is 14.2. The molecule has 2 rings (SSSR count). The van der Waals surface area contributed by atoms with Crippen molar-refractivity contribution >= 4 is 5.91 Å². The van der Waals surface area contributed by atoms with Gasteiger partial charge in [0.2, 0.25) is 5.91 Å². The zero-order chi connectivity index (χ0) is 20.1. The molecule has 0 spiro atoms. The summed E-state index contributed by atoms with van der Waals surface area (Å²) < 4.78 is 42.9. The maximum Gasteiger partial charge on any atom is 0.416 e. The second-order valence-electron chi connectivity index (χ2n) is 7.11. The van der Waals surface area contributed by atoms with Crippen LogP contribution in [-0.2, 0) is 22.1 Å². The number of ether oxygens (including phenoxy) is 1. The fourth-order valence-corrected chi connectivity index (χ4v) is 3.51. The SMILES string of the molecule is COCCC[C@@]1(CO)CN(C(=O)Cc2ccc(C(F)(F)F)cc2)CC[C@H]1O. The molecule has 0 bridgehead atoms. The van der Waals surface area contributed by atoms with E-state index < -0.39 is 23.3 Å². The van der Waals surface area contributed by atoms with Crippen molar-refractivity contribution in [2.75, 3.05) is 33.4 Å². The van der Waals surface area contributed by atoms with Crippen molar-refractivity contribution in [3.8, 4) is 0 Å². The van der Waals surface area contributed by atoms with Gasteiger partial charge in [-0.2, -0.15) is 13.2 Å². The number of halogens is 3. The Morgan fingerprint density at radius 2 is 2.00 bits per heavy atom. The van der Waals surface area contributed by atoms with Gasteiger partial charge in [-0.15, -0.1) is 0 Å². The first kappa shape index (κ1) is 21.7. The quantitative estimate of drug-likeness (QED) is 0.702. The van der Waals surface area contributed by atoms with Gasteiger partial charge in [0.1, 0.15) is 0 Å². The Hall–Kier alpha value is -1.64. The van der Waals surface area contributed by atoms with Gasteiger partial charge in [-0.05, 0) is 37.0 Å². The number of benzene rings is 1. The van der Waals surface area contributed by atoms with E-state index in [1.165, 1.54) is 12.1 Å². The monoisotopic (exact) mass is 389 g/mol. The number of carbonyl (C=O) groups is 1. The molecular weight excluding hydrogens is 363 g/mol. The molecule has 1 heterocycles. The summed E-state index contributed by atoms with van der Waals surface area (Å²) in [6, 6.07) is 4.53. The molecule has 152 valence electrons. The minimum absolute atomic E-state index is 0.0200. The molecule has 1 aliphatic rings. The van der Waals surface area contributed by atoms with Crippen LogP contribution in [0.4, 0.5) is 13.2 Å². The molecule has 1 aliphatic heterocycles. The second-order valence-corrected chi connectivity index (χ2v) is 7.11. The average molecular weight is 389 g/mol. The van der Waals surface area contributed by atoms with Gasteiger partial charge < -0.3 is 19.8 Å². The first-order valence-corrected chi connectivity index (χ1v) is 8.93.